The van der Waals surface area contributed by atoms with Crippen LogP contribution >= 0.6 is 0 Å². The first-order chi connectivity index (χ1) is 22.5. The topological polar surface area (TPSA) is 146 Å². The minimum absolute atomic E-state index is 0.0322. The van der Waals surface area contributed by atoms with Gasteiger partial charge in [0.25, 0.3) is 5.91 Å². The van der Waals surface area contributed by atoms with Crippen LogP contribution in [-0.2, 0) is 41.7 Å². The number of rotatable bonds is 5. The molecule has 11 heteroatoms. The molecule has 254 valence electrons. The van der Waals surface area contributed by atoms with Crippen LogP contribution in [-0.4, -0.2) is 71.2 Å². The first-order valence-electron chi connectivity index (χ1n) is 16.6. The summed E-state index contributed by atoms with van der Waals surface area (Å²) in [6.07, 6.45) is 6.02. The highest BCUT2D eigenvalue weighted by Gasteiger charge is 2.36. The van der Waals surface area contributed by atoms with E-state index in [0.29, 0.717) is 44.4 Å². The lowest BCUT2D eigenvalue weighted by molar-refractivity contribution is -0.154. The molecule has 2 aromatic rings. The van der Waals surface area contributed by atoms with Gasteiger partial charge in [-0.15, -0.1) is 0 Å². The van der Waals surface area contributed by atoms with E-state index < -0.39 is 41.8 Å². The van der Waals surface area contributed by atoms with Crippen molar-refractivity contribution in [3.63, 3.8) is 0 Å². The summed E-state index contributed by atoms with van der Waals surface area (Å²) in [4.78, 5) is 54.4. The number of fused-ring (bicyclic) bond motifs is 4. The smallest absolute Gasteiger partial charge is 0.325 e. The molecule has 1 saturated heterocycles. The van der Waals surface area contributed by atoms with E-state index in [1.54, 1.807) is 19.1 Å². The van der Waals surface area contributed by atoms with E-state index in [1.165, 1.54) is 17.1 Å². The number of phenols is 1. The minimum atomic E-state index is -1.05. The third-order valence-electron chi connectivity index (χ3n) is 8.56. The minimum Gasteiger partial charge on any atom is -0.508 e. The van der Waals surface area contributed by atoms with Crippen LogP contribution in [0.3, 0.4) is 0 Å². The number of aromatic hydroxyl groups is 1. The number of carbonyl (C=O) groups excluding carboxylic acids is 4. The Morgan fingerprint density at radius 2 is 1.81 bits per heavy atom. The number of nitrogens with zero attached hydrogens (tertiary/aromatic N) is 1. The van der Waals surface area contributed by atoms with Gasteiger partial charge in [0.1, 0.15) is 30.5 Å². The molecule has 5 atom stereocenters. The number of phenolic OH excluding ortho intramolecular Hbond substituents is 1. The predicted octanol–water partition coefficient (Wildman–Crippen LogP) is 3.65. The molecule has 4 bridgehead atoms. The first kappa shape index (κ1) is 35.6. The maximum Gasteiger partial charge on any atom is 0.325 e. The Morgan fingerprint density at radius 3 is 2.55 bits per heavy atom. The first-order valence-corrected chi connectivity index (χ1v) is 16.6. The van der Waals surface area contributed by atoms with Gasteiger partial charge in [-0.25, -0.2) is 5.43 Å². The molecule has 0 radical (unpaired) electrons. The summed E-state index contributed by atoms with van der Waals surface area (Å²) in [6.45, 7) is 8.17. The predicted molar refractivity (Wildman–Crippen MR) is 177 cm³/mol. The molecule has 2 aromatic carbocycles. The van der Waals surface area contributed by atoms with Crippen molar-refractivity contribution in [1.82, 2.24) is 21.1 Å². The van der Waals surface area contributed by atoms with Crippen molar-refractivity contribution < 1.29 is 33.8 Å². The molecule has 3 amide bonds. The number of hydrogen-bond acceptors (Lipinski definition) is 8. The molecule has 2 aliphatic heterocycles. The van der Waals surface area contributed by atoms with E-state index in [4.69, 9.17) is 9.47 Å². The summed E-state index contributed by atoms with van der Waals surface area (Å²) in [5.41, 5.74) is 5.43. The van der Waals surface area contributed by atoms with Gasteiger partial charge in [-0.05, 0) is 73.4 Å². The van der Waals surface area contributed by atoms with Crippen LogP contribution in [0.2, 0.25) is 0 Å². The molecule has 2 heterocycles. The maximum absolute atomic E-state index is 14.0. The quantitative estimate of drug-likeness (QED) is 0.360. The molecule has 0 saturated carbocycles. The third kappa shape index (κ3) is 10.1. The second-order valence-corrected chi connectivity index (χ2v) is 12.6. The summed E-state index contributed by atoms with van der Waals surface area (Å²) in [6, 6.07) is 11.5. The number of carbonyl (C=O) groups is 4. The molecule has 2 aliphatic rings. The molecular weight excluding hydrogens is 600 g/mol. The highest BCUT2D eigenvalue weighted by Crippen LogP contribution is 2.19. The number of amides is 3. The van der Waals surface area contributed by atoms with Crippen LogP contribution in [0.25, 0.3) is 6.08 Å². The zero-order valence-corrected chi connectivity index (χ0v) is 27.7. The largest absolute Gasteiger partial charge is 0.508 e. The Bertz CT molecular complexity index is 1430. The number of cyclic esters (lactones) is 1. The normalized spacial score (nSPS) is 26.0. The van der Waals surface area contributed by atoms with Crippen molar-refractivity contribution in [3.8, 4) is 5.75 Å². The van der Waals surface area contributed by atoms with E-state index in [0.717, 1.165) is 11.1 Å². The Kier molecular flexibility index (Phi) is 12.9. The van der Waals surface area contributed by atoms with Crippen molar-refractivity contribution in [2.45, 2.75) is 90.6 Å². The van der Waals surface area contributed by atoms with Crippen molar-refractivity contribution in [1.29, 1.82) is 0 Å². The van der Waals surface area contributed by atoms with E-state index in [9.17, 15) is 24.3 Å². The van der Waals surface area contributed by atoms with Crippen LogP contribution in [0, 0.1) is 11.8 Å². The average Bonchev–Trinajstić information content (AvgIpc) is 3.06. The van der Waals surface area contributed by atoms with Crippen molar-refractivity contribution in [3.05, 3.63) is 71.3 Å². The standard InChI is InChI=1S/C36H48N4O7/c1-5-46-31-17-7-6-11-25-12-8-14-27(19-25)22-47-36(45)29-16-10-18-40(39-29)35(44)30(21-26-13-9-15-28(41)20-26)37-34(43)32(23(2)3)38-33(42)24(31)4/h6,8-9,11-15,19-20,23-24,29-32,39,41H,5,7,10,16-18,21-22H2,1-4H3,(H,37,43)(H,38,42)/b11-6+/t24-,29+,30+,31?,32+/m1/s1. The van der Waals surface area contributed by atoms with E-state index in [1.807, 2.05) is 57.2 Å². The second kappa shape index (κ2) is 17.1. The fourth-order valence-electron chi connectivity index (χ4n) is 5.89. The van der Waals surface area contributed by atoms with Gasteiger partial charge in [0.2, 0.25) is 11.8 Å². The lowest BCUT2D eigenvalue weighted by Crippen LogP contribution is -2.62. The zero-order valence-electron chi connectivity index (χ0n) is 27.7. The molecule has 4 rings (SSSR count). The van der Waals surface area contributed by atoms with Gasteiger partial charge < -0.3 is 25.2 Å². The monoisotopic (exact) mass is 648 g/mol. The van der Waals surface area contributed by atoms with Crippen LogP contribution in [0.4, 0.5) is 0 Å². The van der Waals surface area contributed by atoms with E-state index in [-0.39, 0.29) is 36.7 Å². The van der Waals surface area contributed by atoms with Crippen molar-refractivity contribution in [2.75, 3.05) is 13.2 Å². The van der Waals surface area contributed by atoms with Crippen LogP contribution in [0.5, 0.6) is 5.75 Å². The Balaban J connectivity index is 1.65. The molecular formula is C36H48N4O7. The molecule has 0 spiro atoms. The summed E-state index contributed by atoms with van der Waals surface area (Å²) in [7, 11) is 0. The van der Waals surface area contributed by atoms with Gasteiger partial charge in [0.15, 0.2) is 0 Å². The number of allylic oxidation sites excluding steroid dienone is 1. The maximum atomic E-state index is 14.0. The van der Waals surface area contributed by atoms with Gasteiger partial charge in [0.05, 0.1) is 12.0 Å². The third-order valence-corrected chi connectivity index (χ3v) is 8.56. The molecule has 47 heavy (non-hydrogen) atoms. The molecule has 0 aliphatic carbocycles. The van der Waals surface area contributed by atoms with Crippen LogP contribution in [0.15, 0.2) is 54.6 Å². The number of hydrogen-bond donors (Lipinski definition) is 4. The van der Waals surface area contributed by atoms with Gasteiger partial charge >= 0.3 is 5.97 Å². The van der Waals surface area contributed by atoms with Gasteiger partial charge in [-0.2, -0.15) is 0 Å². The lowest BCUT2D eigenvalue weighted by atomic mass is 9.96. The summed E-state index contributed by atoms with van der Waals surface area (Å²) in [5, 5.41) is 17.2. The summed E-state index contributed by atoms with van der Waals surface area (Å²) < 4.78 is 11.6. The van der Waals surface area contributed by atoms with Gasteiger partial charge in [-0.3, -0.25) is 24.2 Å². The number of benzene rings is 2. The van der Waals surface area contributed by atoms with E-state index >= 15 is 0 Å². The SMILES string of the molecule is CCOC1CC/C=C/c2cccc(c2)COC(=O)[C@@H]2CCCN(N2)C(=O)[C@H](Cc2cccc(O)c2)NC(=O)[C@H](C(C)C)NC(=O)[C@@H]1C. The molecule has 4 N–H and O–H groups in total. The number of hydrazine groups is 1. The average molecular weight is 649 g/mol. The summed E-state index contributed by atoms with van der Waals surface area (Å²) in [5.74, 6) is -2.53. The number of nitrogens with one attached hydrogen (secondary N) is 3. The highest BCUT2D eigenvalue weighted by molar-refractivity contribution is 5.93. The zero-order chi connectivity index (χ0) is 33.9. The summed E-state index contributed by atoms with van der Waals surface area (Å²) >= 11 is 0. The van der Waals surface area contributed by atoms with E-state index in [2.05, 4.69) is 16.1 Å². The molecule has 1 unspecified atom stereocenters. The Hall–Kier alpha value is -4.22. The van der Waals surface area contributed by atoms with Crippen molar-refractivity contribution in [2.24, 2.45) is 11.8 Å². The van der Waals surface area contributed by atoms with Gasteiger partial charge in [-0.1, -0.05) is 63.3 Å². The van der Waals surface area contributed by atoms with Crippen molar-refractivity contribution >= 4 is 29.8 Å². The number of ether oxygens (including phenoxy) is 2. The highest BCUT2D eigenvalue weighted by atomic mass is 16.5. The van der Waals surface area contributed by atoms with Crippen LogP contribution in [0.1, 0.15) is 70.1 Å². The molecule has 11 nitrogen and oxygen atoms in total. The van der Waals surface area contributed by atoms with Gasteiger partial charge in [0, 0.05) is 19.6 Å². The Morgan fingerprint density at radius 1 is 1.02 bits per heavy atom. The second-order valence-electron chi connectivity index (χ2n) is 12.6. The fraction of sp³-hybridized carbons (Fsp3) is 0.500. The molecule has 1 fully saturated rings. The number of esters is 1. The molecule has 0 aromatic heterocycles. The fourth-order valence-corrected chi connectivity index (χ4v) is 5.89. The van der Waals surface area contributed by atoms with Crippen LogP contribution < -0.4 is 16.1 Å². The Labute approximate surface area is 277 Å². The lowest BCUT2D eigenvalue weighted by Gasteiger charge is -2.35.